The minimum atomic E-state index is 0. The van der Waals surface area contributed by atoms with Crippen LogP contribution in [0.15, 0.2) is 5.34 Å². The van der Waals surface area contributed by atoms with E-state index in [0.717, 1.165) is 0 Å². The minimum absolute atomic E-state index is 0. The van der Waals surface area contributed by atoms with Crippen molar-refractivity contribution < 1.29 is 10.2 Å². The van der Waals surface area contributed by atoms with Crippen LogP contribution in [0.5, 0.6) is 0 Å². The zero-order valence-electron chi connectivity index (χ0n) is 1.71. The van der Waals surface area contributed by atoms with Gasteiger partial charge in [0.1, 0.15) is 0 Å². The standard InChI is InChI=1S/HNO3.Na.H/c2-1-4-3;;/h3H;;. The Kier molecular flexibility index (Phi) is 16.0. The number of nitrogens with zero attached hydrogens (tertiary/aromatic N) is 1. The number of hydrogen-bond acceptors (Lipinski definition) is 4. The van der Waals surface area contributed by atoms with Gasteiger partial charge in [0.25, 0.3) is 0 Å². The first-order valence-corrected chi connectivity index (χ1v) is 0.548. The van der Waals surface area contributed by atoms with Crippen LogP contribution >= 0.6 is 0 Å². The van der Waals surface area contributed by atoms with Crippen molar-refractivity contribution in [3.63, 3.8) is 0 Å². The third-order valence-electron chi connectivity index (χ3n) is 0.0333. The summed E-state index contributed by atoms with van der Waals surface area (Å²) in [5.41, 5.74) is 0. The predicted molar refractivity (Wildman–Crippen MR) is 16.7 cm³/mol. The van der Waals surface area contributed by atoms with Crippen molar-refractivity contribution in [3.05, 3.63) is 4.91 Å². The summed E-state index contributed by atoms with van der Waals surface area (Å²) in [6.45, 7) is 0. The van der Waals surface area contributed by atoms with E-state index in [-0.39, 0.29) is 29.6 Å². The maximum atomic E-state index is 8.45. The van der Waals surface area contributed by atoms with Crippen LogP contribution in [0.25, 0.3) is 0 Å². The molecule has 0 saturated heterocycles. The molecule has 0 fully saturated rings. The quantitative estimate of drug-likeness (QED) is 0.203. The van der Waals surface area contributed by atoms with Gasteiger partial charge in [-0.25, -0.2) is 0 Å². The van der Waals surface area contributed by atoms with E-state index >= 15 is 0 Å². The summed E-state index contributed by atoms with van der Waals surface area (Å²) in [6.07, 6.45) is 0. The van der Waals surface area contributed by atoms with E-state index in [2.05, 4.69) is 4.99 Å². The molecule has 4 nitrogen and oxygen atoms in total. The fraction of sp³-hybridized carbons (Fsp3) is 0. The van der Waals surface area contributed by atoms with Crippen LogP contribution in [-0.4, -0.2) is 34.8 Å². The molecule has 0 bridgehead atoms. The predicted octanol–water partition coefficient (Wildman–Crippen LogP) is -0.491. The van der Waals surface area contributed by atoms with Crippen molar-refractivity contribution in [2.45, 2.75) is 0 Å². The molecule has 0 aromatic rings. The Bertz CT molecular complexity index is 20.9. The van der Waals surface area contributed by atoms with Gasteiger partial charge in [0.15, 0.2) is 5.34 Å². The Morgan fingerprint density at radius 3 is 2.00 bits per heavy atom. The van der Waals surface area contributed by atoms with Crippen molar-refractivity contribution in [1.82, 2.24) is 0 Å². The van der Waals surface area contributed by atoms with Crippen LogP contribution < -0.4 is 0 Å². The summed E-state index contributed by atoms with van der Waals surface area (Å²) in [6, 6.07) is 0. The third kappa shape index (κ3) is 13.1. The van der Waals surface area contributed by atoms with E-state index in [4.69, 9.17) is 10.2 Å². The molecule has 0 rings (SSSR count). The molecule has 0 saturated carbocycles. The summed E-state index contributed by atoms with van der Waals surface area (Å²) in [4.78, 5) is 11.1. The molecule has 0 atom stereocenters. The van der Waals surface area contributed by atoms with Crippen molar-refractivity contribution in [2.75, 3.05) is 0 Å². The molecule has 1 N–H and O–H groups in total. The van der Waals surface area contributed by atoms with Crippen LogP contribution in [0.4, 0.5) is 0 Å². The molecule has 0 spiro atoms. The van der Waals surface area contributed by atoms with E-state index in [1.54, 1.807) is 5.34 Å². The first-order valence-electron chi connectivity index (χ1n) is 0.548. The third-order valence-corrected chi connectivity index (χ3v) is 0.0333. The Morgan fingerprint density at radius 2 is 2.00 bits per heavy atom. The molecular weight excluding hydrogens is 85.0 g/mol. The molecule has 5 heavy (non-hydrogen) atoms. The number of hydrogen-bond donors (Lipinski definition) is 1. The van der Waals surface area contributed by atoms with Gasteiger partial charge in [-0.05, 0) is 0 Å². The second-order valence-electron chi connectivity index (χ2n) is 0.156. The van der Waals surface area contributed by atoms with Crippen LogP contribution in [0.1, 0.15) is 0 Å². The molecule has 0 radical (unpaired) electrons. The topological polar surface area (TPSA) is 58.9 Å². The molecule has 0 aliphatic rings. The normalized spacial score (nSPS) is 4.20. The number of rotatable bonds is 1. The van der Waals surface area contributed by atoms with Crippen LogP contribution in [0, 0.1) is 4.91 Å². The molecule has 5 heteroatoms. The molecule has 26 valence electrons. The molecule has 0 unspecified atom stereocenters. The Labute approximate surface area is 50.3 Å². The van der Waals surface area contributed by atoms with Crippen molar-refractivity contribution >= 4 is 29.6 Å². The second-order valence-corrected chi connectivity index (χ2v) is 0.156. The van der Waals surface area contributed by atoms with E-state index in [1.165, 1.54) is 0 Å². The Hall–Kier alpha value is 0.360. The molecule has 0 amide bonds. The molecule has 0 aromatic heterocycles. The van der Waals surface area contributed by atoms with Crippen LogP contribution in [0.3, 0.4) is 0 Å². The van der Waals surface area contributed by atoms with Gasteiger partial charge in [0, 0.05) is 0 Å². The summed E-state index contributed by atoms with van der Waals surface area (Å²) in [7, 11) is 0. The maximum absolute atomic E-state index is 8.45. The monoisotopic (exact) mass is 87.0 g/mol. The summed E-state index contributed by atoms with van der Waals surface area (Å²) < 4.78 is 0. The van der Waals surface area contributed by atoms with E-state index in [0.29, 0.717) is 0 Å². The molecule has 0 aliphatic carbocycles. The Balaban J connectivity index is 0. The first-order chi connectivity index (χ1) is 1.91. The molecule has 0 heterocycles. The van der Waals surface area contributed by atoms with Gasteiger partial charge in [-0.1, -0.05) is 0 Å². The van der Waals surface area contributed by atoms with Crippen LogP contribution in [0.2, 0.25) is 0 Å². The fourth-order valence-corrected chi connectivity index (χ4v) is 0. The summed E-state index contributed by atoms with van der Waals surface area (Å²) >= 11 is 0. The van der Waals surface area contributed by atoms with Gasteiger partial charge in [0.2, 0.25) is 0 Å². The molecule has 0 aliphatic heterocycles. The van der Waals surface area contributed by atoms with Gasteiger partial charge >= 0.3 is 29.6 Å². The van der Waals surface area contributed by atoms with Gasteiger partial charge in [-0.3, -0.25) is 0 Å². The van der Waals surface area contributed by atoms with Crippen molar-refractivity contribution in [2.24, 2.45) is 5.34 Å². The summed E-state index contributed by atoms with van der Waals surface area (Å²) in [5, 5.41) is 8.44. The fourth-order valence-electron chi connectivity index (χ4n) is 0. The zero-order valence-corrected chi connectivity index (χ0v) is 1.71. The average molecular weight is 87.0 g/mol. The van der Waals surface area contributed by atoms with E-state index in [9.17, 15) is 0 Å². The van der Waals surface area contributed by atoms with Crippen molar-refractivity contribution in [1.29, 1.82) is 0 Å². The van der Waals surface area contributed by atoms with Gasteiger partial charge in [0.05, 0.1) is 0 Å². The van der Waals surface area contributed by atoms with E-state index in [1.807, 2.05) is 0 Å². The van der Waals surface area contributed by atoms with Gasteiger partial charge < -0.3 is 0 Å². The van der Waals surface area contributed by atoms with Gasteiger partial charge in [-0.2, -0.15) is 10.2 Å². The first kappa shape index (κ1) is 9.03. The molecule has 0 aromatic carbocycles. The van der Waals surface area contributed by atoms with Gasteiger partial charge in [-0.15, -0.1) is 4.91 Å². The Morgan fingerprint density at radius 1 is 1.80 bits per heavy atom. The zero-order chi connectivity index (χ0) is 3.41. The average Bonchev–Trinajstić information content (AvgIpc) is 1.37. The second kappa shape index (κ2) is 8.84. The van der Waals surface area contributed by atoms with E-state index < -0.39 is 0 Å². The summed E-state index contributed by atoms with van der Waals surface area (Å²) in [5.74, 6) is 0. The van der Waals surface area contributed by atoms with Crippen LogP contribution in [-0.2, 0) is 4.99 Å². The SMILES string of the molecule is O=NOO.[NaH]. The van der Waals surface area contributed by atoms with Crippen molar-refractivity contribution in [3.8, 4) is 0 Å². The molecular formula is H2NNaO3.